The number of imide groups is 1. The van der Waals surface area contributed by atoms with Crippen LogP contribution in [0.2, 0.25) is 5.02 Å². The van der Waals surface area contributed by atoms with Crippen molar-refractivity contribution >= 4 is 35.2 Å². The molecule has 9 heteroatoms. The van der Waals surface area contributed by atoms with Crippen LogP contribution in [0.3, 0.4) is 0 Å². The number of methoxy groups -OCH3 is 1. The summed E-state index contributed by atoms with van der Waals surface area (Å²) in [5.41, 5.74) is 4.61. The highest BCUT2D eigenvalue weighted by molar-refractivity contribution is 6.31. The van der Waals surface area contributed by atoms with Gasteiger partial charge in [-0.05, 0) is 36.5 Å². The van der Waals surface area contributed by atoms with Gasteiger partial charge in [0.15, 0.2) is 0 Å². The molecule has 4 atom stereocenters. The lowest BCUT2D eigenvalue weighted by atomic mass is 9.85. The van der Waals surface area contributed by atoms with E-state index in [2.05, 4.69) is 10.9 Å². The van der Waals surface area contributed by atoms with E-state index < -0.39 is 18.4 Å². The molecule has 4 rings (SSSR count). The summed E-state index contributed by atoms with van der Waals surface area (Å²) in [6.45, 7) is -0.433. The fourth-order valence-corrected chi connectivity index (χ4v) is 4.53. The quantitative estimate of drug-likeness (QED) is 0.442. The lowest BCUT2D eigenvalue weighted by Crippen LogP contribution is -2.48. The maximum absolute atomic E-state index is 12.6. The molecular weight excluding hydrogens is 386 g/mol. The molecule has 1 aromatic rings. The molecule has 1 heterocycles. The monoisotopic (exact) mass is 403 g/mol. The second kappa shape index (κ2) is 6.94. The lowest BCUT2D eigenvalue weighted by molar-refractivity contribution is -0.144. The zero-order valence-electron chi connectivity index (χ0n) is 15.0. The number of hydrazine groups is 1. The summed E-state index contributed by atoms with van der Waals surface area (Å²) in [4.78, 5) is 50.6. The van der Waals surface area contributed by atoms with Gasteiger partial charge in [-0.3, -0.25) is 34.9 Å². The standard InChI is InChI=1S/C19H18ClN3O5/c1-28-13-5-4-11(20)7-12(13)17(25)22-21-14(24)8-23-18(26)15-9-2-3-10(6-9)16(15)19(23)27/h2-5,7,9-10,15-16H,6,8H2,1H3,(H,21,24)(H,22,25)/t9-,10+,15+,16-. The molecule has 0 radical (unpaired) electrons. The molecule has 1 saturated heterocycles. The van der Waals surface area contributed by atoms with Crippen LogP contribution in [0.25, 0.3) is 0 Å². The molecule has 1 aromatic carbocycles. The minimum absolute atomic E-state index is 0.0782. The van der Waals surface area contributed by atoms with Gasteiger partial charge < -0.3 is 4.74 Å². The molecule has 146 valence electrons. The molecule has 2 N–H and O–H groups in total. The predicted octanol–water partition coefficient (Wildman–Crippen LogP) is 0.917. The van der Waals surface area contributed by atoms with Gasteiger partial charge in [0.2, 0.25) is 11.8 Å². The van der Waals surface area contributed by atoms with E-state index in [-0.39, 0.29) is 46.8 Å². The highest BCUT2D eigenvalue weighted by Gasteiger charge is 2.59. The van der Waals surface area contributed by atoms with E-state index in [1.165, 1.54) is 19.2 Å². The van der Waals surface area contributed by atoms with E-state index in [9.17, 15) is 19.2 Å². The fraction of sp³-hybridized carbons (Fsp3) is 0.368. The Bertz CT molecular complexity index is 885. The molecule has 1 saturated carbocycles. The van der Waals surface area contributed by atoms with Gasteiger partial charge in [-0.2, -0.15) is 0 Å². The Balaban J connectivity index is 1.37. The van der Waals surface area contributed by atoms with E-state index in [1.807, 2.05) is 12.2 Å². The van der Waals surface area contributed by atoms with Crippen LogP contribution < -0.4 is 15.6 Å². The third kappa shape index (κ3) is 2.93. The van der Waals surface area contributed by atoms with Gasteiger partial charge >= 0.3 is 0 Å². The van der Waals surface area contributed by atoms with Crippen LogP contribution in [-0.2, 0) is 14.4 Å². The Morgan fingerprint density at radius 3 is 2.39 bits per heavy atom. The molecular formula is C19H18ClN3O5. The first-order chi connectivity index (χ1) is 13.4. The molecule has 3 aliphatic rings. The van der Waals surface area contributed by atoms with Crippen molar-refractivity contribution in [2.24, 2.45) is 23.7 Å². The second-order valence-electron chi connectivity index (χ2n) is 7.11. The van der Waals surface area contributed by atoms with Crippen molar-refractivity contribution in [3.8, 4) is 5.75 Å². The molecule has 4 amide bonds. The van der Waals surface area contributed by atoms with E-state index in [4.69, 9.17) is 16.3 Å². The summed E-state index contributed by atoms with van der Waals surface area (Å²) in [6.07, 6.45) is 4.79. The van der Waals surface area contributed by atoms with E-state index >= 15 is 0 Å². The lowest BCUT2D eigenvalue weighted by Gasteiger charge is -2.17. The summed E-state index contributed by atoms with van der Waals surface area (Å²) in [5, 5.41) is 0.334. The van der Waals surface area contributed by atoms with Crippen molar-refractivity contribution in [3.05, 3.63) is 40.9 Å². The summed E-state index contributed by atoms with van der Waals surface area (Å²) in [6, 6.07) is 4.50. The Morgan fingerprint density at radius 2 is 1.79 bits per heavy atom. The summed E-state index contributed by atoms with van der Waals surface area (Å²) in [7, 11) is 1.40. The highest BCUT2D eigenvalue weighted by Crippen LogP contribution is 2.52. The number of benzene rings is 1. The molecule has 8 nitrogen and oxygen atoms in total. The van der Waals surface area contributed by atoms with Crippen molar-refractivity contribution in [2.75, 3.05) is 13.7 Å². The zero-order valence-corrected chi connectivity index (χ0v) is 15.7. The molecule has 2 bridgehead atoms. The van der Waals surface area contributed by atoms with Gasteiger partial charge in [0.25, 0.3) is 11.8 Å². The van der Waals surface area contributed by atoms with Crippen LogP contribution in [0, 0.1) is 23.7 Å². The van der Waals surface area contributed by atoms with Crippen molar-refractivity contribution in [1.29, 1.82) is 0 Å². The summed E-state index contributed by atoms with van der Waals surface area (Å²) < 4.78 is 5.10. The van der Waals surface area contributed by atoms with Gasteiger partial charge in [-0.25, -0.2) is 0 Å². The summed E-state index contributed by atoms with van der Waals surface area (Å²) in [5.74, 6) is -2.21. The van der Waals surface area contributed by atoms with Crippen LogP contribution in [0.1, 0.15) is 16.8 Å². The van der Waals surface area contributed by atoms with Crippen molar-refractivity contribution in [2.45, 2.75) is 6.42 Å². The first kappa shape index (κ1) is 18.5. The number of fused-ring (bicyclic) bond motifs is 5. The van der Waals surface area contributed by atoms with Crippen LogP contribution in [-0.4, -0.2) is 42.2 Å². The SMILES string of the molecule is COc1ccc(Cl)cc1C(=O)NNC(=O)CN1C(=O)[C@@H]2[C@H](C1=O)[C@H]1C=C[C@@H]2C1. The molecule has 2 fully saturated rings. The molecule has 0 unspecified atom stereocenters. The number of carbonyl (C=O) groups excluding carboxylic acids is 4. The van der Waals surface area contributed by atoms with Gasteiger partial charge in [0.1, 0.15) is 12.3 Å². The second-order valence-corrected chi connectivity index (χ2v) is 7.55. The maximum atomic E-state index is 12.6. The Morgan fingerprint density at radius 1 is 1.14 bits per heavy atom. The maximum Gasteiger partial charge on any atom is 0.273 e. The largest absolute Gasteiger partial charge is 0.496 e. The van der Waals surface area contributed by atoms with Crippen molar-refractivity contribution < 1.29 is 23.9 Å². The predicted molar refractivity (Wildman–Crippen MR) is 98.0 cm³/mol. The number of nitrogens with one attached hydrogen (secondary N) is 2. The van der Waals surface area contributed by atoms with Crippen LogP contribution >= 0.6 is 11.6 Å². The molecule has 28 heavy (non-hydrogen) atoms. The number of hydrogen-bond acceptors (Lipinski definition) is 5. The molecule has 0 aromatic heterocycles. The average molecular weight is 404 g/mol. The fourth-order valence-electron chi connectivity index (χ4n) is 4.35. The molecule has 2 aliphatic carbocycles. The Kier molecular flexibility index (Phi) is 4.58. The van der Waals surface area contributed by atoms with Gasteiger partial charge in [0, 0.05) is 5.02 Å². The highest BCUT2D eigenvalue weighted by atomic mass is 35.5. The Labute approximate surface area is 165 Å². The van der Waals surface area contributed by atoms with Gasteiger partial charge in [0.05, 0.1) is 24.5 Å². The van der Waals surface area contributed by atoms with Crippen LogP contribution in [0.4, 0.5) is 0 Å². The third-order valence-corrected chi connectivity index (χ3v) is 5.82. The van der Waals surface area contributed by atoms with E-state index in [1.54, 1.807) is 6.07 Å². The smallest absolute Gasteiger partial charge is 0.273 e. The van der Waals surface area contributed by atoms with Gasteiger partial charge in [-0.1, -0.05) is 23.8 Å². The average Bonchev–Trinajstić information content (AvgIpc) is 3.36. The number of allylic oxidation sites excluding steroid dienone is 2. The number of likely N-dealkylation sites (tertiary alicyclic amines) is 1. The molecule has 1 aliphatic heterocycles. The number of carbonyl (C=O) groups is 4. The molecule has 0 spiro atoms. The number of rotatable bonds is 4. The van der Waals surface area contributed by atoms with Crippen LogP contribution in [0.15, 0.2) is 30.4 Å². The third-order valence-electron chi connectivity index (χ3n) is 5.58. The first-order valence-corrected chi connectivity index (χ1v) is 9.24. The topological polar surface area (TPSA) is 105 Å². The van der Waals surface area contributed by atoms with Crippen molar-refractivity contribution in [3.63, 3.8) is 0 Å². The minimum atomic E-state index is -0.670. The number of amides is 4. The summed E-state index contributed by atoms with van der Waals surface area (Å²) >= 11 is 5.89. The van der Waals surface area contributed by atoms with Crippen LogP contribution in [0.5, 0.6) is 5.75 Å². The number of nitrogens with zero attached hydrogens (tertiary/aromatic N) is 1. The normalized spacial score (nSPS) is 27.1. The zero-order chi connectivity index (χ0) is 20.0. The number of hydrogen-bond donors (Lipinski definition) is 2. The van der Waals surface area contributed by atoms with E-state index in [0.29, 0.717) is 5.02 Å². The minimum Gasteiger partial charge on any atom is -0.496 e. The Hall–Kier alpha value is -2.87. The number of halogens is 1. The first-order valence-electron chi connectivity index (χ1n) is 8.87. The van der Waals surface area contributed by atoms with E-state index in [0.717, 1.165) is 11.3 Å². The van der Waals surface area contributed by atoms with Crippen molar-refractivity contribution in [1.82, 2.24) is 15.8 Å². The number of ether oxygens (including phenoxy) is 1. The van der Waals surface area contributed by atoms with Gasteiger partial charge in [-0.15, -0.1) is 0 Å².